The molecule has 1 heterocycles. The maximum atomic E-state index is 13.7. The van der Waals surface area contributed by atoms with E-state index < -0.39 is 11.6 Å². The van der Waals surface area contributed by atoms with Gasteiger partial charge in [-0.3, -0.25) is 0 Å². The highest BCUT2D eigenvalue weighted by atomic mass is 32.2. The maximum absolute atomic E-state index is 13.7. The molecule has 0 radical (unpaired) electrons. The van der Waals surface area contributed by atoms with Crippen molar-refractivity contribution >= 4 is 11.8 Å². The zero-order valence-corrected chi connectivity index (χ0v) is 9.86. The van der Waals surface area contributed by atoms with Gasteiger partial charge in [0.25, 0.3) is 0 Å². The number of halogens is 2. The first kappa shape index (κ1) is 10.8. The smallest absolute Gasteiger partial charge is 0.163 e. The monoisotopic (exact) mass is 248 g/mol. The van der Waals surface area contributed by atoms with E-state index >= 15 is 0 Å². The molecule has 0 N–H and O–H groups in total. The number of benzene rings is 2. The van der Waals surface area contributed by atoms with Gasteiger partial charge >= 0.3 is 0 Å². The lowest BCUT2D eigenvalue weighted by atomic mass is 10.0. The van der Waals surface area contributed by atoms with Crippen LogP contribution in [0.3, 0.4) is 0 Å². The molecule has 0 aromatic heterocycles. The van der Waals surface area contributed by atoms with E-state index in [1.165, 1.54) is 11.6 Å². The van der Waals surface area contributed by atoms with Crippen LogP contribution in [0.4, 0.5) is 8.78 Å². The zero-order chi connectivity index (χ0) is 11.8. The second kappa shape index (κ2) is 4.15. The third-order valence-electron chi connectivity index (χ3n) is 3.02. The number of hydrogen-bond acceptors (Lipinski definition) is 1. The van der Waals surface area contributed by atoms with Gasteiger partial charge in [0.1, 0.15) is 0 Å². The molecular weight excluding hydrogens is 238 g/mol. The van der Waals surface area contributed by atoms with E-state index in [0.29, 0.717) is 17.7 Å². The fourth-order valence-electron chi connectivity index (χ4n) is 2.10. The van der Waals surface area contributed by atoms with Crippen molar-refractivity contribution in [3.63, 3.8) is 0 Å². The lowest BCUT2D eigenvalue weighted by Gasteiger charge is -2.06. The standard InChI is InChI=1S/C14H10F2S/c15-12-6-5-9-7-10-3-1-2-4-13(10)17-8-11(9)14(12)16/h1-6H,7-8H2. The van der Waals surface area contributed by atoms with E-state index in [1.807, 2.05) is 24.3 Å². The Morgan fingerprint density at radius 2 is 1.76 bits per heavy atom. The third kappa shape index (κ3) is 1.84. The van der Waals surface area contributed by atoms with Crippen LogP contribution in [0.2, 0.25) is 0 Å². The molecule has 0 aliphatic carbocycles. The molecule has 0 spiro atoms. The molecular formula is C14H10F2S. The van der Waals surface area contributed by atoms with Gasteiger partial charge in [0.2, 0.25) is 0 Å². The van der Waals surface area contributed by atoms with E-state index in [0.717, 1.165) is 10.5 Å². The van der Waals surface area contributed by atoms with Gasteiger partial charge in [-0.25, -0.2) is 8.78 Å². The largest absolute Gasteiger partial charge is 0.204 e. The van der Waals surface area contributed by atoms with Crippen LogP contribution < -0.4 is 0 Å². The first-order valence-corrected chi connectivity index (χ1v) is 6.41. The summed E-state index contributed by atoms with van der Waals surface area (Å²) in [5.74, 6) is -0.950. The van der Waals surface area contributed by atoms with Crippen molar-refractivity contribution < 1.29 is 8.78 Å². The molecule has 0 unspecified atom stereocenters. The van der Waals surface area contributed by atoms with Gasteiger partial charge in [0.15, 0.2) is 11.6 Å². The fourth-order valence-corrected chi connectivity index (χ4v) is 3.21. The van der Waals surface area contributed by atoms with Gasteiger partial charge in [-0.05, 0) is 29.7 Å². The SMILES string of the molecule is Fc1ccc2c(c1F)CSc1ccccc1C2. The highest BCUT2D eigenvalue weighted by Gasteiger charge is 2.18. The molecule has 0 nitrogen and oxygen atoms in total. The highest BCUT2D eigenvalue weighted by molar-refractivity contribution is 7.98. The van der Waals surface area contributed by atoms with Crippen LogP contribution in [-0.2, 0) is 12.2 Å². The Labute approximate surface area is 103 Å². The maximum Gasteiger partial charge on any atom is 0.163 e. The Morgan fingerprint density at radius 3 is 2.65 bits per heavy atom. The summed E-state index contributed by atoms with van der Waals surface area (Å²) in [5, 5.41) is 0. The van der Waals surface area contributed by atoms with Gasteiger partial charge in [-0.2, -0.15) is 0 Å². The van der Waals surface area contributed by atoms with Crippen molar-refractivity contribution in [1.82, 2.24) is 0 Å². The van der Waals surface area contributed by atoms with Crippen LogP contribution in [-0.4, -0.2) is 0 Å². The highest BCUT2D eigenvalue weighted by Crippen LogP contribution is 2.35. The summed E-state index contributed by atoms with van der Waals surface area (Å²) in [5.41, 5.74) is 2.58. The molecule has 17 heavy (non-hydrogen) atoms. The quantitative estimate of drug-likeness (QED) is 0.674. The normalized spacial score (nSPS) is 13.8. The summed E-state index contributed by atoms with van der Waals surface area (Å²) in [7, 11) is 0. The van der Waals surface area contributed by atoms with Crippen molar-refractivity contribution in [2.45, 2.75) is 17.1 Å². The summed E-state index contributed by atoms with van der Waals surface area (Å²) in [6.07, 6.45) is 0.676. The molecule has 2 aromatic rings. The fraction of sp³-hybridized carbons (Fsp3) is 0.143. The number of fused-ring (bicyclic) bond motifs is 2. The van der Waals surface area contributed by atoms with Crippen LogP contribution in [0.25, 0.3) is 0 Å². The average molecular weight is 248 g/mol. The molecule has 0 amide bonds. The van der Waals surface area contributed by atoms with E-state index in [2.05, 4.69) is 0 Å². The van der Waals surface area contributed by atoms with Crippen molar-refractivity contribution in [2.24, 2.45) is 0 Å². The molecule has 3 heteroatoms. The average Bonchev–Trinajstić information content (AvgIpc) is 2.53. The molecule has 3 rings (SSSR count). The van der Waals surface area contributed by atoms with Crippen molar-refractivity contribution in [3.8, 4) is 0 Å². The van der Waals surface area contributed by atoms with Gasteiger partial charge in [-0.15, -0.1) is 11.8 Å². The minimum atomic E-state index is -0.754. The van der Waals surface area contributed by atoms with Crippen LogP contribution in [0, 0.1) is 11.6 Å². The van der Waals surface area contributed by atoms with E-state index in [1.54, 1.807) is 17.8 Å². The second-order valence-electron chi connectivity index (χ2n) is 4.07. The van der Waals surface area contributed by atoms with Crippen molar-refractivity contribution in [3.05, 3.63) is 64.7 Å². The molecule has 1 aliphatic rings. The van der Waals surface area contributed by atoms with Crippen molar-refractivity contribution in [1.29, 1.82) is 0 Å². The summed E-state index contributed by atoms with van der Waals surface area (Å²) in [6.45, 7) is 0. The number of thioether (sulfide) groups is 1. The van der Waals surface area contributed by atoms with E-state index in [9.17, 15) is 8.78 Å². The van der Waals surface area contributed by atoms with Gasteiger partial charge in [0, 0.05) is 16.2 Å². The molecule has 0 fully saturated rings. The summed E-state index contributed by atoms with van der Waals surface area (Å²) >= 11 is 1.57. The summed E-state index contributed by atoms with van der Waals surface area (Å²) in [4.78, 5) is 1.16. The molecule has 0 saturated heterocycles. The van der Waals surface area contributed by atoms with E-state index in [4.69, 9.17) is 0 Å². The molecule has 2 aromatic carbocycles. The molecule has 0 bridgehead atoms. The number of hydrogen-bond donors (Lipinski definition) is 0. The molecule has 0 atom stereocenters. The summed E-state index contributed by atoms with van der Waals surface area (Å²) in [6, 6.07) is 10.9. The second-order valence-corrected chi connectivity index (χ2v) is 5.09. The Balaban J connectivity index is 2.13. The minimum absolute atomic E-state index is 0.496. The van der Waals surface area contributed by atoms with Crippen molar-refractivity contribution in [2.75, 3.05) is 0 Å². The Hall–Kier alpha value is -1.35. The first-order chi connectivity index (χ1) is 8.25. The Kier molecular flexibility index (Phi) is 2.63. The van der Waals surface area contributed by atoms with Crippen LogP contribution >= 0.6 is 11.8 Å². The van der Waals surface area contributed by atoms with Crippen LogP contribution in [0.1, 0.15) is 16.7 Å². The lowest BCUT2D eigenvalue weighted by Crippen LogP contribution is -1.98. The molecule has 1 aliphatic heterocycles. The van der Waals surface area contributed by atoms with Crippen LogP contribution in [0.5, 0.6) is 0 Å². The van der Waals surface area contributed by atoms with Gasteiger partial charge in [-0.1, -0.05) is 24.3 Å². The number of rotatable bonds is 0. The third-order valence-corrected chi connectivity index (χ3v) is 4.16. The van der Waals surface area contributed by atoms with Crippen LogP contribution in [0.15, 0.2) is 41.3 Å². The van der Waals surface area contributed by atoms with Gasteiger partial charge in [0.05, 0.1) is 0 Å². The topological polar surface area (TPSA) is 0 Å². The zero-order valence-electron chi connectivity index (χ0n) is 9.04. The van der Waals surface area contributed by atoms with E-state index in [-0.39, 0.29) is 0 Å². The minimum Gasteiger partial charge on any atom is -0.204 e. The predicted octanol–water partition coefficient (Wildman–Crippen LogP) is 4.16. The Bertz CT molecular complexity index is 578. The lowest BCUT2D eigenvalue weighted by molar-refractivity contribution is 0.501. The summed E-state index contributed by atoms with van der Waals surface area (Å²) < 4.78 is 26.9. The molecule has 86 valence electrons. The van der Waals surface area contributed by atoms with Gasteiger partial charge < -0.3 is 0 Å². The molecule has 0 saturated carbocycles. The predicted molar refractivity (Wildman–Crippen MR) is 65.2 cm³/mol. The first-order valence-electron chi connectivity index (χ1n) is 5.42. The Morgan fingerprint density at radius 1 is 0.941 bits per heavy atom.